The van der Waals surface area contributed by atoms with Crippen molar-refractivity contribution in [3.63, 3.8) is 0 Å². The Labute approximate surface area is 60.6 Å². The normalized spacial score (nSPS) is 8.43. The number of ether oxygens (including phenoxy) is 1. The van der Waals surface area contributed by atoms with E-state index in [2.05, 4.69) is 4.74 Å². The molecule has 0 radical (unpaired) electrons. The monoisotopic (exact) mass is 110 g/mol. The molecule has 0 aromatic carbocycles. The van der Waals surface area contributed by atoms with Gasteiger partial charge in [-0.3, -0.25) is 0 Å². The van der Waals surface area contributed by atoms with Crippen LogP contribution in [0.1, 0.15) is 6.92 Å². The van der Waals surface area contributed by atoms with E-state index in [1.165, 1.54) is 0 Å². The van der Waals surface area contributed by atoms with Gasteiger partial charge in [0.2, 0.25) is 0 Å². The Bertz CT molecular complexity index is 62.7. The first-order valence-electron chi connectivity index (χ1n) is 2.46. The van der Waals surface area contributed by atoms with Crippen molar-refractivity contribution >= 4 is 33.9 Å². The van der Waals surface area contributed by atoms with Gasteiger partial charge in [-0.05, 0) is 0 Å². The summed E-state index contributed by atoms with van der Waals surface area (Å²) in [5, 5.41) is 0. The zero-order valence-corrected chi connectivity index (χ0v) is 6.73. The molecule has 36 valence electrons. The third kappa shape index (κ3) is 4.32. The molecule has 7 heavy (non-hydrogen) atoms. The second-order valence-electron chi connectivity index (χ2n) is 1.16. The summed E-state index contributed by atoms with van der Waals surface area (Å²) >= 11 is 0.913. The van der Waals surface area contributed by atoms with E-state index in [1.807, 2.05) is 6.92 Å². The maximum absolute atomic E-state index is 10.2. The first-order valence-corrected chi connectivity index (χ1v) is 3.88. The van der Waals surface area contributed by atoms with E-state index in [-0.39, 0.29) is 5.97 Å². The molecule has 0 aromatic rings. The molecule has 0 aliphatic carbocycles. The fourth-order valence-electron chi connectivity index (χ4n) is 0.263. The summed E-state index contributed by atoms with van der Waals surface area (Å²) in [5.41, 5.74) is 0. The maximum atomic E-state index is 10.2. The Morgan fingerprint density at radius 1 is 1.86 bits per heavy atom. The molecular weight excluding hydrogens is 103 g/mol. The predicted molar refractivity (Wildman–Crippen MR) is 27.2 cm³/mol. The average Bonchev–Trinajstić information content (AvgIpc) is 1.68. The molecule has 0 aromatic heterocycles. The molecule has 0 bridgehead atoms. The topological polar surface area (TPSA) is 26.3 Å². The molecule has 0 spiro atoms. The number of rotatable bonds is 2. The van der Waals surface area contributed by atoms with Crippen LogP contribution in [0.4, 0.5) is 0 Å². The fourth-order valence-corrected chi connectivity index (χ4v) is 0.467. The van der Waals surface area contributed by atoms with E-state index in [1.54, 1.807) is 0 Å². The molecule has 0 amide bonds. The third-order valence-corrected chi connectivity index (χ3v) is 1.17. The molecule has 0 fully saturated rings. The van der Waals surface area contributed by atoms with Crippen LogP contribution in [-0.2, 0) is 9.53 Å². The van der Waals surface area contributed by atoms with Crippen LogP contribution in [0.2, 0.25) is 3.67 Å². The predicted octanol–water partition coefficient (Wildman–Crippen LogP) is 0.136. The number of hydrogen-bond acceptors (Lipinski definition) is 2. The van der Waals surface area contributed by atoms with Crippen molar-refractivity contribution in [2.75, 3.05) is 6.61 Å². The number of esters is 1. The van der Waals surface area contributed by atoms with Gasteiger partial charge >= 0.3 is 60.6 Å². The Kier molecular flexibility index (Phi) is 4.94. The van der Waals surface area contributed by atoms with Crippen molar-refractivity contribution in [3.05, 3.63) is 0 Å². The van der Waals surface area contributed by atoms with E-state index in [9.17, 15) is 4.79 Å². The Morgan fingerprint density at radius 3 is 2.57 bits per heavy atom. The van der Waals surface area contributed by atoms with Crippen molar-refractivity contribution in [2.24, 2.45) is 0 Å². The van der Waals surface area contributed by atoms with E-state index in [4.69, 9.17) is 0 Å². The van der Waals surface area contributed by atoms with Gasteiger partial charge in [0.1, 0.15) is 0 Å². The Hall–Kier alpha value is 0.470. The SMILES string of the molecule is CCOC(=O)[CH2][Na]. The van der Waals surface area contributed by atoms with Gasteiger partial charge in [0.25, 0.3) is 0 Å². The molecule has 0 saturated heterocycles. The van der Waals surface area contributed by atoms with Crippen LogP contribution in [0.3, 0.4) is 0 Å². The summed E-state index contributed by atoms with van der Waals surface area (Å²) in [6.07, 6.45) is 0. The standard InChI is InChI=1S/C4H7O2.Na/c1-3-6-4(2)5;/h2-3H2,1H3;. The minimum atomic E-state index is -0.0610. The van der Waals surface area contributed by atoms with Crippen molar-refractivity contribution in [2.45, 2.75) is 10.6 Å². The molecule has 0 N–H and O–H groups in total. The zero-order chi connectivity index (χ0) is 5.70. The van der Waals surface area contributed by atoms with Gasteiger partial charge < -0.3 is 0 Å². The van der Waals surface area contributed by atoms with Crippen molar-refractivity contribution in [3.8, 4) is 0 Å². The molecule has 0 atom stereocenters. The first kappa shape index (κ1) is 7.47. The second kappa shape index (κ2) is 4.62. The third-order valence-electron chi connectivity index (χ3n) is 0.594. The second-order valence-corrected chi connectivity index (χ2v) is 1.87. The van der Waals surface area contributed by atoms with Gasteiger partial charge in [-0.25, -0.2) is 0 Å². The van der Waals surface area contributed by atoms with Gasteiger partial charge in [0.15, 0.2) is 0 Å². The van der Waals surface area contributed by atoms with E-state index in [0.29, 0.717) is 10.3 Å². The van der Waals surface area contributed by atoms with Crippen LogP contribution in [-0.4, -0.2) is 40.5 Å². The van der Waals surface area contributed by atoms with E-state index < -0.39 is 0 Å². The quantitative estimate of drug-likeness (QED) is 0.373. The molecule has 0 rings (SSSR count). The van der Waals surface area contributed by atoms with Crippen LogP contribution in [0.5, 0.6) is 0 Å². The van der Waals surface area contributed by atoms with Gasteiger partial charge in [0, 0.05) is 0 Å². The summed E-state index contributed by atoms with van der Waals surface area (Å²) < 4.78 is 5.21. The number of carbonyl (C=O) groups excluding carboxylic acids is 1. The van der Waals surface area contributed by atoms with Crippen molar-refractivity contribution in [1.29, 1.82) is 0 Å². The summed E-state index contributed by atoms with van der Waals surface area (Å²) in [4.78, 5) is 10.2. The molecule has 2 nitrogen and oxygen atoms in total. The van der Waals surface area contributed by atoms with E-state index >= 15 is 0 Å². The summed E-state index contributed by atoms with van der Waals surface area (Å²) in [7, 11) is 0. The fraction of sp³-hybridized carbons (Fsp3) is 0.750. The molecule has 0 saturated carbocycles. The van der Waals surface area contributed by atoms with Crippen LogP contribution >= 0.6 is 0 Å². The minimum absolute atomic E-state index is 0.0610. The van der Waals surface area contributed by atoms with Gasteiger partial charge in [0.05, 0.1) is 0 Å². The summed E-state index contributed by atoms with van der Waals surface area (Å²) in [6.45, 7) is 2.33. The van der Waals surface area contributed by atoms with Crippen LogP contribution in [0.25, 0.3) is 0 Å². The van der Waals surface area contributed by atoms with Gasteiger partial charge in [-0.2, -0.15) is 0 Å². The molecule has 0 aliphatic heterocycles. The molecule has 0 unspecified atom stereocenters. The zero-order valence-electron chi connectivity index (χ0n) is 4.73. The Morgan fingerprint density at radius 2 is 2.43 bits per heavy atom. The van der Waals surface area contributed by atoms with E-state index in [0.717, 1.165) is 27.9 Å². The summed E-state index contributed by atoms with van der Waals surface area (Å²) in [6, 6.07) is 0. The average molecular weight is 110 g/mol. The molecular formula is C4H7NaO2. The van der Waals surface area contributed by atoms with Crippen molar-refractivity contribution in [1.82, 2.24) is 0 Å². The molecule has 0 aliphatic rings. The van der Waals surface area contributed by atoms with Crippen LogP contribution < -0.4 is 0 Å². The first-order chi connectivity index (χ1) is 3.31. The Balaban J connectivity index is 3.00. The molecule has 3 heteroatoms. The van der Waals surface area contributed by atoms with Gasteiger partial charge in [-0.1, -0.05) is 0 Å². The summed E-state index contributed by atoms with van der Waals surface area (Å²) in [5.74, 6) is -0.0610. The van der Waals surface area contributed by atoms with Gasteiger partial charge in [-0.15, -0.1) is 0 Å². The van der Waals surface area contributed by atoms with Crippen LogP contribution in [0.15, 0.2) is 0 Å². The van der Waals surface area contributed by atoms with Crippen molar-refractivity contribution < 1.29 is 9.53 Å². The van der Waals surface area contributed by atoms with Crippen LogP contribution in [0, 0.1) is 0 Å². The molecule has 0 heterocycles. The number of hydrogen-bond donors (Lipinski definition) is 0. The number of carbonyl (C=O) groups is 1.